The van der Waals surface area contributed by atoms with Gasteiger partial charge in [0.05, 0.1) is 26.2 Å². The third-order valence-corrected chi connectivity index (χ3v) is 5.90. The lowest BCUT2D eigenvalue weighted by Crippen LogP contribution is -1.97. The summed E-state index contributed by atoms with van der Waals surface area (Å²) in [6, 6.07) is 20.0. The van der Waals surface area contributed by atoms with Crippen molar-refractivity contribution in [2.45, 2.75) is 6.61 Å². The Morgan fingerprint density at radius 1 is 0.967 bits per heavy atom. The molecule has 1 N–H and O–H groups in total. The number of aromatic carboxylic acids is 1. The lowest BCUT2D eigenvalue weighted by molar-refractivity contribution is 0.0697. The number of halogens is 3. The van der Waals surface area contributed by atoms with Crippen molar-refractivity contribution in [3.8, 4) is 11.8 Å². The van der Waals surface area contributed by atoms with Crippen molar-refractivity contribution in [2.24, 2.45) is 0 Å². The van der Waals surface area contributed by atoms with Gasteiger partial charge in [0.2, 0.25) is 0 Å². The van der Waals surface area contributed by atoms with Crippen molar-refractivity contribution in [1.82, 2.24) is 0 Å². The van der Waals surface area contributed by atoms with Gasteiger partial charge >= 0.3 is 5.97 Å². The molecule has 0 aliphatic heterocycles. The number of carboxylic acid groups (broad SMARTS) is 1. The van der Waals surface area contributed by atoms with E-state index < -0.39 is 5.97 Å². The maximum absolute atomic E-state index is 11.0. The van der Waals surface area contributed by atoms with Gasteiger partial charge in [-0.25, -0.2) is 4.79 Å². The normalized spacial score (nSPS) is 11.1. The van der Waals surface area contributed by atoms with Gasteiger partial charge in [-0.15, -0.1) is 0 Å². The summed E-state index contributed by atoms with van der Waals surface area (Å²) in [6.45, 7) is 0.416. The number of rotatable bonds is 6. The topological polar surface area (TPSA) is 70.3 Å². The van der Waals surface area contributed by atoms with Crippen LogP contribution in [0.25, 0.3) is 11.6 Å². The first kappa shape index (κ1) is 22.3. The molecule has 0 saturated heterocycles. The number of ether oxygens (including phenoxy) is 1. The Kier molecular flexibility index (Phi) is 7.48. The highest BCUT2D eigenvalue weighted by molar-refractivity contribution is 9.11. The minimum atomic E-state index is -1.00. The highest BCUT2D eigenvalue weighted by Crippen LogP contribution is 2.36. The van der Waals surface area contributed by atoms with E-state index in [2.05, 4.69) is 53.9 Å². The fraction of sp³-hybridized carbons (Fsp3) is 0.0435. The zero-order valence-corrected chi connectivity index (χ0v) is 20.2. The van der Waals surface area contributed by atoms with Gasteiger partial charge < -0.3 is 9.84 Å². The Morgan fingerprint density at radius 3 is 2.07 bits per heavy atom. The molecule has 0 fully saturated rings. The minimum absolute atomic E-state index is 0.175. The van der Waals surface area contributed by atoms with Gasteiger partial charge in [-0.2, -0.15) is 5.26 Å². The van der Waals surface area contributed by atoms with Crippen LogP contribution in [0.2, 0.25) is 0 Å². The Balaban J connectivity index is 1.83. The summed E-state index contributed by atoms with van der Waals surface area (Å²) in [4.78, 5) is 11.0. The van der Waals surface area contributed by atoms with Crippen molar-refractivity contribution >= 4 is 65.4 Å². The maximum Gasteiger partial charge on any atom is 0.335 e. The molecule has 0 atom stereocenters. The Morgan fingerprint density at radius 2 is 1.53 bits per heavy atom. The molecule has 3 aromatic carbocycles. The number of nitriles is 1. The standard InChI is InChI=1S/C23H14Br3NO3/c24-19-7-1-14(2-8-19)13-30-22-20(25)10-15(11-21(22)26)9-18(12-27)16-3-5-17(6-4-16)23(28)29/h1-11H,13H2,(H,28,29)/b18-9-. The van der Waals surface area contributed by atoms with E-state index in [1.165, 1.54) is 12.1 Å². The van der Waals surface area contributed by atoms with Gasteiger partial charge in [0.1, 0.15) is 12.4 Å². The third kappa shape index (κ3) is 5.60. The molecule has 0 unspecified atom stereocenters. The highest BCUT2D eigenvalue weighted by Gasteiger charge is 2.11. The van der Waals surface area contributed by atoms with E-state index in [9.17, 15) is 10.1 Å². The molecule has 0 saturated carbocycles. The largest absolute Gasteiger partial charge is 0.487 e. The molecule has 3 rings (SSSR count). The monoisotopic (exact) mass is 589 g/mol. The molecule has 0 aliphatic carbocycles. The van der Waals surface area contributed by atoms with Crippen molar-refractivity contribution in [3.63, 3.8) is 0 Å². The van der Waals surface area contributed by atoms with E-state index in [0.29, 0.717) is 23.5 Å². The lowest BCUT2D eigenvalue weighted by atomic mass is 10.0. The molecule has 0 aromatic heterocycles. The van der Waals surface area contributed by atoms with Gasteiger partial charge in [-0.3, -0.25) is 0 Å². The second kappa shape index (κ2) is 10.1. The predicted molar refractivity (Wildman–Crippen MR) is 127 cm³/mol. The number of carbonyl (C=O) groups is 1. The minimum Gasteiger partial charge on any atom is -0.487 e. The van der Waals surface area contributed by atoms with Crippen molar-refractivity contribution in [3.05, 3.63) is 96.3 Å². The molecule has 30 heavy (non-hydrogen) atoms. The zero-order chi connectivity index (χ0) is 21.7. The molecule has 4 nitrogen and oxygen atoms in total. The number of hydrogen-bond acceptors (Lipinski definition) is 3. The molecule has 0 bridgehead atoms. The van der Waals surface area contributed by atoms with Crippen LogP contribution in [0.3, 0.4) is 0 Å². The summed E-state index contributed by atoms with van der Waals surface area (Å²) in [5, 5.41) is 18.6. The van der Waals surface area contributed by atoms with Gasteiger partial charge in [-0.1, -0.05) is 40.2 Å². The molecular formula is C23H14Br3NO3. The molecular weight excluding hydrogens is 578 g/mol. The number of benzene rings is 3. The quantitative estimate of drug-likeness (QED) is 0.241. The molecule has 0 amide bonds. The highest BCUT2D eigenvalue weighted by atomic mass is 79.9. The SMILES string of the molecule is N#C/C(=C/c1cc(Br)c(OCc2ccc(Br)cc2)c(Br)c1)c1ccc(C(=O)O)cc1. The summed E-state index contributed by atoms with van der Waals surface area (Å²) < 4.78 is 8.46. The summed E-state index contributed by atoms with van der Waals surface area (Å²) in [5.74, 6) is -0.338. The van der Waals surface area contributed by atoms with E-state index in [1.807, 2.05) is 36.4 Å². The average Bonchev–Trinajstić information content (AvgIpc) is 2.73. The summed E-state index contributed by atoms with van der Waals surface area (Å²) in [7, 11) is 0. The van der Waals surface area contributed by atoms with Gasteiger partial charge in [0.25, 0.3) is 0 Å². The van der Waals surface area contributed by atoms with Crippen LogP contribution in [0.1, 0.15) is 27.0 Å². The summed E-state index contributed by atoms with van der Waals surface area (Å²) >= 11 is 10.5. The number of carboxylic acids is 1. The second-order valence-electron chi connectivity index (χ2n) is 6.28. The van der Waals surface area contributed by atoms with E-state index in [0.717, 1.165) is 24.5 Å². The smallest absolute Gasteiger partial charge is 0.335 e. The van der Waals surface area contributed by atoms with Crippen LogP contribution in [0, 0.1) is 11.3 Å². The Labute approximate surface area is 199 Å². The van der Waals surface area contributed by atoms with Crippen LogP contribution >= 0.6 is 47.8 Å². The van der Waals surface area contributed by atoms with Crippen LogP contribution in [-0.4, -0.2) is 11.1 Å². The van der Waals surface area contributed by atoms with Crippen LogP contribution in [0.4, 0.5) is 0 Å². The van der Waals surface area contributed by atoms with Crippen LogP contribution < -0.4 is 4.74 Å². The van der Waals surface area contributed by atoms with E-state index in [-0.39, 0.29) is 5.56 Å². The summed E-state index contributed by atoms with van der Waals surface area (Å²) in [6.07, 6.45) is 1.74. The zero-order valence-electron chi connectivity index (χ0n) is 15.4. The predicted octanol–water partition coefficient (Wildman–Crippen LogP) is 7.32. The third-order valence-electron chi connectivity index (χ3n) is 4.19. The number of nitrogens with zero attached hydrogens (tertiary/aromatic N) is 1. The van der Waals surface area contributed by atoms with E-state index >= 15 is 0 Å². The Hall–Kier alpha value is -2.40. The average molecular weight is 592 g/mol. The van der Waals surface area contributed by atoms with Gasteiger partial charge in [0, 0.05) is 4.47 Å². The first-order valence-electron chi connectivity index (χ1n) is 8.69. The van der Waals surface area contributed by atoms with Crippen molar-refractivity contribution in [1.29, 1.82) is 5.26 Å². The molecule has 0 spiro atoms. The van der Waals surface area contributed by atoms with Crippen molar-refractivity contribution in [2.75, 3.05) is 0 Å². The van der Waals surface area contributed by atoms with E-state index in [1.54, 1.807) is 18.2 Å². The number of allylic oxidation sites excluding steroid dienone is 1. The molecule has 0 radical (unpaired) electrons. The fourth-order valence-corrected chi connectivity index (χ4v) is 4.39. The molecule has 150 valence electrons. The number of hydrogen-bond donors (Lipinski definition) is 1. The Bertz CT molecular complexity index is 1120. The molecule has 7 heteroatoms. The molecule has 0 heterocycles. The first-order chi connectivity index (χ1) is 14.4. The van der Waals surface area contributed by atoms with Crippen molar-refractivity contribution < 1.29 is 14.6 Å². The van der Waals surface area contributed by atoms with Crippen LogP contribution in [0.5, 0.6) is 5.75 Å². The second-order valence-corrected chi connectivity index (χ2v) is 8.91. The van der Waals surface area contributed by atoms with Gasteiger partial charge in [-0.05, 0) is 91.0 Å². The first-order valence-corrected chi connectivity index (χ1v) is 11.1. The lowest BCUT2D eigenvalue weighted by Gasteiger charge is -2.12. The maximum atomic E-state index is 11.0. The van der Waals surface area contributed by atoms with Crippen LogP contribution in [0.15, 0.2) is 74.1 Å². The van der Waals surface area contributed by atoms with E-state index in [4.69, 9.17) is 9.84 Å². The molecule has 0 aliphatic rings. The summed E-state index contributed by atoms with van der Waals surface area (Å²) in [5.41, 5.74) is 3.08. The fourth-order valence-electron chi connectivity index (χ4n) is 2.68. The molecule has 3 aromatic rings. The van der Waals surface area contributed by atoms with Crippen LogP contribution in [-0.2, 0) is 6.61 Å². The van der Waals surface area contributed by atoms with Gasteiger partial charge in [0.15, 0.2) is 0 Å².